The predicted molar refractivity (Wildman–Crippen MR) is 383 cm³/mol. The van der Waals surface area contributed by atoms with Crippen LogP contribution in [-0.2, 0) is 41.7 Å². The molecule has 2 fully saturated rings. The van der Waals surface area contributed by atoms with Crippen molar-refractivity contribution in [1.29, 1.82) is 0 Å². The van der Waals surface area contributed by atoms with Crippen LogP contribution in [-0.4, -0.2) is 214 Å². The van der Waals surface area contributed by atoms with Crippen LogP contribution < -0.4 is 39.4 Å². The van der Waals surface area contributed by atoms with E-state index < -0.39 is 123 Å². The number of hydrogen-bond donors (Lipinski definition) is 9. The highest BCUT2D eigenvalue weighted by Gasteiger charge is 2.49. The van der Waals surface area contributed by atoms with E-state index in [4.69, 9.17) is 53.3 Å². The highest BCUT2D eigenvalue weighted by atomic mass is 16.7. The number of aryl methyl sites for hydroxylation is 3. The smallest absolute Gasteiger partial charge is 0.416 e. The van der Waals surface area contributed by atoms with Gasteiger partial charge in [-0.25, -0.2) is 25.3 Å². The van der Waals surface area contributed by atoms with Crippen molar-refractivity contribution in [3.63, 3.8) is 0 Å². The first-order valence-electron chi connectivity index (χ1n) is 35.3. The van der Waals surface area contributed by atoms with Crippen LogP contribution in [0.25, 0.3) is 11.1 Å². The van der Waals surface area contributed by atoms with Crippen LogP contribution in [0.15, 0.2) is 122 Å². The fraction of sp³-hybridized carbons (Fsp3) is 0.410. The van der Waals surface area contributed by atoms with E-state index in [-0.39, 0.29) is 152 Å². The van der Waals surface area contributed by atoms with Crippen molar-refractivity contribution >= 4 is 58.1 Å². The Morgan fingerprint density at radius 2 is 0.944 bits per heavy atom. The second kappa shape index (κ2) is 34.1. The van der Waals surface area contributed by atoms with Gasteiger partial charge < -0.3 is 103 Å². The van der Waals surface area contributed by atoms with E-state index in [1.165, 1.54) is 78.6 Å². The van der Waals surface area contributed by atoms with Crippen molar-refractivity contribution in [2.24, 2.45) is 5.90 Å². The molecular weight excluding hydrogens is 1410 g/mol. The van der Waals surface area contributed by atoms with Gasteiger partial charge in [-0.1, -0.05) is 71.8 Å². The van der Waals surface area contributed by atoms with Crippen LogP contribution in [0.2, 0.25) is 0 Å². The van der Waals surface area contributed by atoms with Crippen LogP contribution in [0.4, 0.5) is 21.0 Å². The average molecular weight is 1490 g/mol. The molecular formula is C78H87N5O25. The van der Waals surface area contributed by atoms with Gasteiger partial charge in [0.15, 0.2) is 35.5 Å². The average Bonchev–Trinajstić information content (AvgIpc) is 1.59. The van der Waals surface area contributed by atoms with Crippen LogP contribution in [0, 0.1) is 20.8 Å². The Morgan fingerprint density at radius 1 is 0.500 bits per heavy atom. The van der Waals surface area contributed by atoms with E-state index in [1.807, 2.05) is 62.4 Å². The van der Waals surface area contributed by atoms with Crippen LogP contribution in [0.3, 0.4) is 0 Å². The molecule has 12 atom stereocenters. The van der Waals surface area contributed by atoms with Crippen LogP contribution in [0.5, 0.6) is 28.7 Å². The molecule has 10 N–H and O–H groups in total. The number of hydrogen-bond acceptors (Lipinski definition) is 26. The number of rotatable bonds is 27. The minimum absolute atomic E-state index is 0.00127. The Bertz CT molecular complexity index is 4380. The van der Waals surface area contributed by atoms with E-state index in [1.54, 1.807) is 25.4 Å². The number of carbonyl (C=O) groups excluding carboxylic acids is 6. The van der Waals surface area contributed by atoms with Gasteiger partial charge in [0.25, 0.3) is 11.8 Å². The summed E-state index contributed by atoms with van der Waals surface area (Å²) in [6.45, 7) is 4.03. The molecule has 30 heteroatoms. The zero-order valence-electron chi connectivity index (χ0n) is 60.0. The molecule has 108 heavy (non-hydrogen) atoms. The summed E-state index contributed by atoms with van der Waals surface area (Å²) >= 11 is 0. The van der Waals surface area contributed by atoms with E-state index in [2.05, 4.69) is 4.84 Å². The monoisotopic (exact) mass is 1490 g/mol. The predicted octanol–water partition coefficient (Wildman–Crippen LogP) is 6.03. The number of aliphatic hydroxyl groups excluding tert-OH is 8. The van der Waals surface area contributed by atoms with Gasteiger partial charge in [0, 0.05) is 57.5 Å². The summed E-state index contributed by atoms with van der Waals surface area (Å²) < 4.78 is 58.4. The fourth-order valence-corrected chi connectivity index (χ4v) is 13.6. The van der Waals surface area contributed by atoms with Crippen molar-refractivity contribution < 1.29 is 122 Å². The lowest BCUT2D eigenvalue weighted by Crippen LogP contribution is -2.54. The standard InChI is InChI=1S/C78H87N5O25/c1-41-11-17-46(18-12-41)48-30-56-73(94)82(77(96)104-37-45-16-22-63(53(29-45)59(85)10-7-26-106-79)108-76-70(91)68(89)61(87)40-103-76)54-33-64(43(3)27-50(54)71(92)80(56)35-48)100-24-8-25-101-66-34-55-51(32-65(66)99-5)72(93)81-36-49(47-19-13-42(2)14-20-47)31-57(81)74(95)83(55)78(97)105-38-44-15-21-62(52(28-44)58(84)9-6-23-98-4)107-75-69(90)67(88)60(86)39-102-75/h11-22,27-29,32-36,56-57,60-61,67-70,73-76,86-91,94-95H,6-10,23-26,30-31,37-40,79H2,1-5H3/t56-,57-,60+,61+,67-,68-,69+,70+,73?,74?,75-,76-/m0/s1. The summed E-state index contributed by atoms with van der Waals surface area (Å²) in [5, 5.41) is 87.3. The molecule has 574 valence electrons. The Balaban J connectivity index is 0.794. The number of ketones is 2. The summed E-state index contributed by atoms with van der Waals surface area (Å²) in [5.74, 6) is 3.48. The molecule has 12 rings (SSSR count). The maximum absolute atomic E-state index is 14.9. The lowest BCUT2D eigenvalue weighted by Gasteiger charge is -2.35. The third kappa shape index (κ3) is 16.7. The first-order chi connectivity index (χ1) is 51.9. The summed E-state index contributed by atoms with van der Waals surface area (Å²) in [6, 6.07) is 27.6. The van der Waals surface area contributed by atoms with Gasteiger partial charge in [0.1, 0.15) is 67.1 Å². The quantitative estimate of drug-likeness (QED) is 0.0161. The Morgan fingerprint density at radius 3 is 1.40 bits per heavy atom. The fourth-order valence-electron chi connectivity index (χ4n) is 13.6. The van der Waals surface area contributed by atoms with Gasteiger partial charge in [0.05, 0.1) is 85.9 Å². The SMILES string of the molecule is COCCCC(=O)c1cc(COC(=O)N2c3cc(OCCCOc4cc5c(cc4C)C(=O)N4C=C(c6ccc(C)cc6)C[C@H]4C(O)N5C(=O)OCc4ccc(O[C@@H]5OC[C@@H](O)[C@H](O)[C@H]5O)c(C(=O)CCCON)c4)c(OC)cc3C(=O)N3C=C(c4ccc(C)cc4)C[C@H]3C2O)ccc1O[C@@H]1OC[C@@H](O)[C@H](O)[C@H]1O. The molecule has 6 aliphatic heterocycles. The molecule has 0 saturated carbocycles. The third-order valence-corrected chi connectivity index (χ3v) is 19.7. The lowest BCUT2D eigenvalue weighted by molar-refractivity contribution is -0.242. The largest absolute Gasteiger partial charge is 0.493 e. The normalized spacial score (nSPS) is 23.8. The van der Waals surface area contributed by atoms with Crippen molar-refractivity contribution in [1.82, 2.24) is 9.80 Å². The molecule has 6 aliphatic rings. The molecule has 30 nitrogen and oxygen atoms in total. The van der Waals surface area contributed by atoms with Crippen LogP contribution in [0.1, 0.15) is 125 Å². The van der Waals surface area contributed by atoms with Crippen molar-refractivity contribution in [2.75, 3.05) is 63.7 Å². The second-order valence-electron chi connectivity index (χ2n) is 27.2. The number of nitrogens with two attached hydrogens (primary N) is 1. The number of nitrogens with zero attached hydrogens (tertiary/aromatic N) is 4. The molecule has 0 radical (unpaired) electrons. The molecule has 6 aromatic rings. The Labute approximate surface area is 621 Å². The zero-order valence-corrected chi connectivity index (χ0v) is 60.0. The summed E-state index contributed by atoms with van der Waals surface area (Å²) in [5.41, 5.74) is 5.85. The number of amides is 4. The number of methoxy groups -OCH3 is 2. The Hall–Kier alpha value is -9.90. The van der Waals surface area contributed by atoms with Gasteiger partial charge in [-0.3, -0.25) is 19.2 Å². The number of aliphatic hydroxyl groups is 8. The van der Waals surface area contributed by atoms with E-state index in [0.29, 0.717) is 17.6 Å². The van der Waals surface area contributed by atoms with E-state index >= 15 is 0 Å². The maximum atomic E-state index is 14.9. The second-order valence-corrected chi connectivity index (χ2v) is 27.2. The number of Topliss-reactive ketones (excluding diaryl/α,β-unsaturated/α-hetero) is 2. The molecule has 0 spiro atoms. The molecule has 0 aromatic heterocycles. The number of anilines is 2. The molecule has 4 amide bonds. The number of carbonyl (C=O) groups is 6. The van der Waals surface area contributed by atoms with Crippen molar-refractivity contribution in [3.8, 4) is 28.7 Å². The molecule has 0 aliphatic carbocycles. The van der Waals surface area contributed by atoms with Gasteiger partial charge in [0.2, 0.25) is 12.6 Å². The lowest BCUT2D eigenvalue weighted by atomic mass is 10.0. The van der Waals surface area contributed by atoms with Crippen molar-refractivity contribution in [3.05, 3.63) is 183 Å². The van der Waals surface area contributed by atoms with Crippen LogP contribution >= 0.6 is 0 Å². The van der Waals surface area contributed by atoms with Gasteiger partial charge >= 0.3 is 12.2 Å². The Kier molecular flexibility index (Phi) is 24.6. The summed E-state index contributed by atoms with van der Waals surface area (Å²) in [6.07, 6.45) is -13.8. The van der Waals surface area contributed by atoms with E-state index in [0.717, 1.165) is 37.6 Å². The highest BCUT2D eigenvalue weighted by molar-refractivity contribution is 6.08. The topological polar surface area (TPSA) is 405 Å². The minimum atomic E-state index is -1.74. The third-order valence-electron chi connectivity index (χ3n) is 19.7. The summed E-state index contributed by atoms with van der Waals surface area (Å²) in [7, 11) is 2.85. The highest BCUT2D eigenvalue weighted by Crippen LogP contribution is 2.46. The van der Waals surface area contributed by atoms with Gasteiger partial charge in [-0.2, -0.15) is 0 Å². The van der Waals surface area contributed by atoms with E-state index in [9.17, 15) is 69.6 Å². The first kappa shape index (κ1) is 77.7. The number of fused-ring (bicyclic) bond motifs is 4. The number of ether oxygens (including phenoxy) is 10. The molecule has 2 saturated heterocycles. The maximum Gasteiger partial charge on any atom is 0.416 e. The zero-order chi connectivity index (χ0) is 76.8. The number of benzene rings is 6. The molecule has 0 bridgehead atoms. The van der Waals surface area contributed by atoms with Gasteiger partial charge in [-0.05, 0) is 122 Å². The minimum Gasteiger partial charge on any atom is -0.493 e. The van der Waals surface area contributed by atoms with Gasteiger partial charge in [-0.15, -0.1) is 0 Å². The van der Waals surface area contributed by atoms with Crippen molar-refractivity contribution in [2.45, 2.75) is 153 Å². The molecule has 6 heterocycles. The molecule has 6 aromatic carbocycles. The first-order valence-corrected chi connectivity index (χ1v) is 35.3. The molecule has 2 unspecified atom stereocenters. The summed E-state index contributed by atoms with van der Waals surface area (Å²) in [4.78, 5) is 96.6.